The molecule has 0 spiro atoms. The van der Waals surface area contributed by atoms with E-state index in [9.17, 15) is 9.59 Å². The van der Waals surface area contributed by atoms with Crippen LogP contribution in [0, 0.1) is 5.92 Å². The summed E-state index contributed by atoms with van der Waals surface area (Å²) in [5.74, 6) is -0.240. The van der Waals surface area contributed by atoms with Crippen molar-refractivity contribution in [3.8, 4) is 0 Å². The number of carbonyl (C=O) groups excluding carboxylic acids is 2. The number of benzene rings is 2. The number of nitrogens with one attached hydrogen (secondary N) is 1. The molecule has 0 radical (unpaired) electrons. The van der Waals surface area contributed by atoms with E-state index in [4.69, 9.17) is 9.47 Å². The second-order valence-corrected chi connectivity index (χ2v) is 7.21. The predicted molar refractivity (Wildman–Crippen MR) is 102 cm³/mol. The Bertz CT molecular complexity index is 777. The Hall–Kier alpha value is -2.82. The van der Waals surface area contributed by atoms with Gasteiger partial charge in [0.15, 0.2) is 0 Å². The maximum absolute atomic E-state index is 12.4. The SMILES string of the molecule is C[C@H]1CC(=O)O[C@]1(C)[C@H](Cc1ccccc1)NC(=O)OCc1ccccc1. The van der Waals surface area contributed by atoms with Gasteiger partial charge in [-0.3, -0.25) is 4.79 Å². The first-order chi connectivity index (χ1) is 13.0. The highest BCUT2D eigenvalue weighted by Crippen LogP contribution is 2.36. The fourth-order valence-electron chi connectivity index (χ4n) is 3.41. The molecule has 5 heteroatoms. The van der Waals surface area contributed by atoms with Gasteiger partial charge in [0.05, 0.1) is 12.5 Å². The molecule has 3 rings (SSSR count). The zero-order chi connectivity index (χ0) is 19.3. The minimum absolute atomic E-state index is 0.00636. The molecule has 3 atom stereocenters. The van der Waals surface area contributed by atoms with Gasteiger partial charge in [-0.2, -0.15) is 0 Å². The fourth-order valence-corrected chi connectivity index (χ4v) is 3.41. The molecule has 142 valence electrons. The summed E-state index contributed by atoms with van der Waals surface area (Å²) < 4.78 is 11.0. The molecule has 1 N–H and O–H groups in total. The molecule has 5 nitrogen and oxygen atoms in total. The molecular formula is C22H25NO4. The van der Waals surface area contributed by atoms with Crippen molar-refractivity contribution in [2.45, 2.75) is 44.9 Å². The van der Waals surface area contributed by atoms with E-state index >= 15 is 0 Å². The van der Waals surface area contributed by atoms with Crippen LogP contribution in [0.25, 0.3) is 0 Å². The van der Waals surface area contributed by atoms with Gasteiger partial charge in [-0.1, -0.05) is 67.6 Å². The summed E-state index contributed by atoms with van der Waals surface area (Å²) in [6, 6.07) is 19.0. The van der Waals surface area contributed by atoms with Gasteiger partial charge in [0.2, 0.25) is 0 Å². The Morgan fingerprint density at radius 1 is 1.15 bits per heavy atom. The van der Waals surface area contributed by atoms with Crippen molar-refractivity contribution in [2.75, 3.05) is 0 Å². The first-order valence-electron chi connectivity index (χ1n) is 9.20. The number of ether oxygens (including phenoxy) is 2. The lowest BCUT2D eigenvalue weighted by Gasteiger charge is -2.36. The molecule has 0 aromatic heterocycles. The smallest absolute Gasteiger partial charge is 0.407 e. The average molecular weight is 367 g/mol. The van der Waals surface area contributed by atoms with Crippen molar-refractivity contribution in [1.29, 1.82) is 0 Å². The van der Waals surface area contributed by atoms with Gasteiger partial charge in [-0.15, -0.1) is 0 Å². The highest BCUT2D eigenvalue weighted by molar-refractivity contribution is 5.73. The van der Waals surface area contributed by atoms with Crippen LogP contribution in [-0.2, 0) is 27.3 Å². The van der Waals surface area contributed by atoms with E-state index in [2.05, 4.69) is 5.32 Å². The molecule has 27 heavy (non-hydrogen) atoms. The lowest BCUT2D eigenvalue weighted by Crippen LogP contribution is -2.54. The number of esters is 1. The summed E-state index contributed by atoms with van der Waals surface area (Å²) in [5.41, 5.74) is 1.19. The number of rotatable bonds is 6. The van der Waals surface area contributed by atoms with Crippen LogP contribution in [0.3, 0.4) is 0 Å². The standard InChI is InChI=1S/C22H25NO4/c1-16-13-20(24)27-22(16,2)19(14-17-9-5-3-6-10-17)23-21(25)26-15-18-11-7-4-8-12-18/h3-12,16,19H,13-15H2,1-2H3,(H,23,25)/t16-,19-,22-/m0/s1. The van der Waals surface area contributed by atoms with Crippen molar-refractivity contribution >= 4 is 12.1 Å². The monoisotopic (exact) mass is 367 g/mol. The first-order valence-corrected chi connectivity index (χ1v) is 9.20. The Kier molecular flexibility index (Phi) is 5.79. The third-order valence-corrected chi connectivity index (χ3v) is 5.26. The van der Waals surface area contributed by atoms with Crippen LogP contribution in [0.1, 0.15) is 31.4 Å². The van der Waals surface area contributed by atoms with Gasteiger partial charge in [0.25, 0.3) is 0 Å². The van der Waals surface area contributed by atoms with E-state index in [1.807, 2.05) is 74.5 Å². The lowest BCUT2D eigenvalue weighted by molar-refractivity contribution is -0.150. The molecule has 1 aliphatic heterocycles. The maximum atomic E-state index is 12.4. The summed E-state index contributed by atoms with van der Waals surface area (Å²) in [6.07, 6.45) is 0.383. The van der Waals surface area contributed by atoms with Crippen LogP contribution in [0.2, 0.25) is 0 Å². The molecule has 1 amide bonds. The lowest BCUT2D eigenvalue weighted by atomic mass is 9.81. The molecule has 1 heterocycles. The third-order valence-electron chi connectivity index (χ3n) is 5.26. The quantitative estimate of drug-likeness (QED) is 0.788. The van der Waals surface area contributed by atoms with Crippen LogP contribution >= 0.6 is 0 Å². The summed E-state index contributed by atoms with van der Waals surface area (Å²) in [6.45, 7) is 4.05. The van der Waals surface area contributed by atoms with E-state index in [0.29, 0.717) is 12.8 Å². The van der Waals surface area contributed by atoms with E-state index in [1.165, 1.54) is 0 Å². The number of hydrogen-bond donors (Lipinski definition) is 1. The second kappa shape index (κ2) is 8.25. The van der Waals surface area contributed by atoms with E-state index < -0.39 is 11.7 Å². The molecule has 0 aliphatic carbocycles. The van der Waals surface area contributed by atoms with Gasteiger partial charge < -0.3 is 14.8 Å². The molecule has 0 bridgehead atoms. The zero-order valence-corrected chi connectivity index (χ0v) is 15.7. The average Bonchev–Trinajstić information content (AvgIpc) is 2.94. The van der Waals surface area contributed by atoms with Gasteiger partial charge >= 0.3 is 12.1 Å². The number of hydrogen-bond acceptors (Lipinski definition) is 4. The Balaban J connectivity index is 1.71. The van der Waals surface area contributed by atoms with Crippen LogP contribution < -0.4 is 5.32 Å². The molecule has 1 fully saturated rings. The van der Waals surface area contributed by atoms with Crippen LogP contribution in [-0.4, -0.2) is 23.7 Å². The van der Waals surface area contributed by atoms with Gasteiger partial charge in [0.1, 0.15) is 12.2 Å². The topological polar surface area (TPSA) is 64.6 Å². The number of cyclic esters (lactones) is 1. The van der Waals surface area contributed by atoms with E-state index in [0.717, 1.165) is 11.1 Å². The van der Waals surface area contributed by atoms with Gasteiger partial charge in [-0.25, -0.2) is 4.79 Å². The Labute approximate surface area is 159 Å². The number of amides is 1. The van der Waals surface area contributed by atoms with Crippen molar-refractivity contribution in [3.63, 3.8) is 0 Å². The Morgan fingerprint density at radius 2 is 1.74 bits per heavy atom. The highest BCUT2D eigenvalue weighted by atomic mass is 16.6. The maximum Gasteiger partial charge on any atom is 0.407 e. The largest absolute Gasteiger partial charge is 0.457 e. The molecule has 1 aliphatic rings. The first kappa shape index (κ1) is 19.0. The van der Waals surface area contributed by atoms with Crippen LogP contribution in [0.4, 0.5) is 4.79 Å². The summed E-state index contributed by atoms with van der Waals surface area (Å²) in [7, 11) is 0. The summed E-state index contributed by atoms with van der Waals surface area (Å²) in [5, 5.41) is 2.93. The molecule has 0 saturated carbocycles. The Morgan fingerprint density at radius 3 is 2.30 bits per heavy atom. The molecular weight excluding hydrogens is 342 g/mol. The van der Waals surface area contributed by atoms with Gasteiger partial charge in [-0.05, 0) is 24.5 Å². The minimum Gasteiger partial charge on any atom is -0.457 e. The van der Waals surface area contributed by atoms with Crippen molar-refractivity contribution in [3.05, 3.63) is 71.8 Å². The molecule has 2 aromatic carbocycles. The molecule has 2 aromatic rings. The van der Waals surface area contributed by atoms with Crippen LogP contribution in [0.15, 0.2) is 60.7 Å². The second-order valence-electron chi connectivity index (χ2n) is 7.21. The number of alkyl carbamates (subject to hydrolysis) is 1. The van der Waals surface area contributed by atoms with Crippen molar-refractivity contribution < 1.29 is 19.1 Å². The van der Waals surface area contributed by atoms with E-state index in [1.54, 1.807) is 0 Å². The normalized spacial score (nSPS) is 22.7. The third kappa shape index (κ3) is 4.67. The minimum atomic E-state index is -0.779. The molecule has 1 saturated heterocycles. The highest BCUT2D eigenvalue weighted by Gasteiger charge is 2.49. The molecule has 0 unspecified atom stereocenters. The summed E-state index contributed by atoms with van der Waals surface area (Å²) >= 11 is 0. The zero-order valence-electron chi connectivity index (χ0n) is 15.7. The fraction of sp³-hybridized carbons (Fsp3) is 0.364. The van der Waals surface area contributed by atoms with E-state index in [-0.39, 0.29) is 24.5 Å². The van der Waals surface area contributed by atoms with Crippen molar-refractivity contribution in [2.24, 2.45) is 5.92 Å². The predicted octanol–water partition coefficient (Wildman–Crippen LogP) is 3.87. The number of carbonyl (C=O) groups is 2. The summed E-state index contributed by atoms with van der Waals surface area (Å²) in [4.78, 5) is 24.3. The van der Waals surface area contributed by atoms with Crippen molar-refractivity contribution in [1.82, 2.24) is 5.32 Å². The van der Waals surface area contributed by atoms with Crippen LogP contribution in [0.5, 0.6) is 0 Å². The van der Waals surface area contributed by atoms with Gasteiger partial charge in [0, 0.05) is 5.92 Å².